The molecule has 4 rings (SSSR count). The Hall–Kier alpha value is -2.98. The first-order valence-electron chi connectivity index (χ1n) is 10.2. The molecule has 4 aliphatic rings. The van der Waals surface area contributed by atoms with Crippen LogP contribution >= 0.6 is 0 Å². The zero-order valence-corrected chi connectivity index (χ0v) is 18.1. The van der Waals surface area contributed by atoms with Crippen molar-refractivity contribution in [1.82, 2.24) is 0 Å². The second kappa shape index (κ2) is 7.86. The number of fused-ring (bicyclic) bond motifs is 2. The molecule has 0 radical (unpaired) electrons. The normalized spacial score (nSPS) is 40.6. The van der Waals surface area contributed by atoms with Gasteiger partial charge < -0.3 is 28.4 Å². The summed E-state index contributed by atoms with van der Waals surface area (Å²) in [5.74, 6) is -3.89. The molecule has 3 fully saturated rings. The summed E-state index contributed by atoms with van der Waals surface area (Å²) in [6.07, 6.45) is -0.0738. The lowest BCUT2D eigenvalue weighted by molar-refractivity contribution is -0.173. The number of methoxy groups -OCH3 is 1. The van der Waals surface area contributed by atoms with Gasteiger partial charge in [-0.3, -0.25) is 4.79 Å². The zero-order chi connectivity index (χ0) is 23.4. The van der Waals surface area contributed by atoms with E-state index in [-0.39, 0.29) is 17.3 Å². The molecule has 0 amide bonds. The Morgan fingerprint density at radius 3 is 2.38 bits per heavy atom. The lowest BCUT2D eigenvalue weighted by atomic mass is 9.84. The Morgan fingerprint density at radius 1 is 1.12 bits per heavy atom. The van der Waals surface area contributed by atoms with Gasteiger partial charge in [0.1, 0.15) is 18.3 Å². The van der Waals surface area contributed by atoms with Crippen LogP contribution in [0.4, 0.5) is 0 Å². The second-order valence-electron chi connectivity index (χ2n) is 8.25. The van der Waals surface area contributed by atoms with Gasteiger partial charge in [0.15, 0.2) is 17.8 Å². The van der Waals surface area contributed by atoms with Crippen molar-refractivity contribution in [2.45, 2.75) is 63.0 Å². The highest BCUT2D eigenvalue weighted by atomic mass is 16.7. The van der Waals surface area contributed by atoms with E-state index < -0.39 is 65.9 Å². The maximum Gasteiger partial charge on any atom is 0.341 e. The van der Waals surface area contributed by atoms with Gasteiger partial charge >= 0.3 is 23.9 Å². The molecule has 0 aromatic carbocycles. The largest absolute Gasteiger partial charge is 0.466 e. The Kier molecular flexibility index (Phi) is 5.46. The van der Waals surface area contributed by atoms with Gasteiger partial charge in [-0.2, -0.15) is 0 Å². The molecule has 0 aromatic rings. The third kappa shape index (κ3) is 3.84. The molecule has 8 atom stereocenters. The fourth-order valence-electron chi connectivity index (χ4n) is 3.97. The Morgan fingerprint density at radius 2 is 1.78 bits per heavy atom. The first-order chi connectivity index (χ1) is 15.1. The SMILES string of the molecule is C=C1C(=O)O[C@@H]2/C=C\[C@@H]3O[C@@H]3C=C(C(=O)OC)[C@@H](OC(C)=O)[C@@H](OC(=O)[C@@]3(C)O[C@H]3C)[C@@H]12. The molecule has 172 valence electrons. The van der Waals surface area contributed by atoms with Crippen molar-refractivity contribution in [3.8, 4) is 0 Å². The molecule has 0 unspecified atom stereocenters. The molecule has 3 aliphatic heterocycles. The van der Waals surface area contributed by atoms with E-state index in [0.717, 1.165) is 6.92 Å². The summed E-state index contributed by atoms with van der Waals surface area (Å²) in [4.78, 5) is 50.0. The van der Waals surface area contributed by atoms with E-state index in [9.17, 15) is 19.2 Å². The predicted octanol–water partition coefficient (Wildman–Crippen LogP) is 0.542. The van der Waals surface area contributed by atoms with Gasteiger partial charge in [0.2, 0.25) is 0 Å². The fraction of sp³-hybridized carbons (Fsp3) is 0.545. The van der Waals surface area contributed by atoms with Crippen LogP contribution in [0.25, 0.3) is 0 Å². The smallest absolute Gasteiger partial charge is 0.341 e. The quantitative estimate of drug-likeness (QED) is 0.197. The zero-order valence-electron chi connectivity index (χ0n) is 18.1. The minimum atomic E-state index is -1.41. The maximum atomic E-state index is 13.0. The van der Waals surface area contributed by atoms with Crippen molar-refractivity contribution in [1.29, 1.82) is 0 Å². The molecule has 0 aromatic heterocycles. The summed E-state index contributed by atoms with van der Waals surface area (Å²) < 4.78 is 32.4. The van der Waals surface area contributed by atoms with E-state index in [0.29, 0.717) is 0 Å². The van der Waals surface area contributed by atoms with Crippen LogP contribution in [0.5, 0.6) is 0 Å². The van der Waals surface area contributed by atoms with E-state index >= 15 is 0 Å². The van der Waals surface area contributed by atoms with E-state index in [1.165, 1.54) is 13.2 Å². The van der Waals surface area contributed by atoms with E-state index in [1.807, 2.05) is 0 Å². The highest BCUT2D eigenvalue weighted by Gasteiger charge is 2.60. The third-order valence-corrected chi connectivity index (χ3v) is 6.12. The van der Waals surface area contributed by atoms with Gasteiger partial charge in [0.05, 0.1) is 24.7 Å². The molecule has 32 heavy (non-hydrogen) atoms. The summed E-state index contributed by atoms with van der Waals surface area (Å²) in [6, 6.07) is 0. The molecule has 3 saturated heterocycles. The van der Waals surface area contributed by atoms with Crippen LogP contribution < -0.4 is 0 Å². The molecule has 0 saturated carbocycles. The van der Waals surface area contributed by atoms with Gasteiger partial charge in [-0.25, -0.2) is 14.4 Å². The number of ether oxygens (including phenoxy) is 6. The van der Waals surface area contributed by atoms with Gasteiger partial charge in [-0.15, -0.1) is 0 Å². The Labute approximate surface area is 184 Å². The highest BCUT2D eigenvalue weighted by Crippen LogP contribution is 2.42. The summed E-state index contributed by atoms with van der Waals surface area (Å²) in [5.41, 5.74) is -1.27. The average Bonchev–Trinajstić information content (AvgIpc) is 3.60. The van der Waals surface area contributed by atoms with Crippen LogP contribution in [0.3, 0.4) is 0 Å². The van der Waals surface area contributed by atoms with Crippen LogP contribution in [-0.2, 0) is 47.6 Å². The third-order valence-electron chi connectivity index (χ3n) is 6.12. The first-order valence-corrected chi connectivity index (χ1v) is 10.2. The first kappa shape index (κ1) is 22.2. The minimum absolute atomic E-state index is 0.0163. The Bertz CT molecular complexity index is 948. The van der Waals surface area contributed by atoms with Crippen molar-refractivity contribution in [3.05, 3.63) is 36.0 Å². The fourth-order valence-corrected chi connectivity index (χ4v) is 3.97. The van der Waals surface area contributed by atoms with Crippen molar-refractivity contribution >= 4 is 23.9 Å². The summed E-state index contributed by atoms with van der Waals surface area (Å²) in [6.45, 7) is 8.20. The van der Waals surface area contributed by atoms with Crippen LogP contribution in [-0.4, -0.2) is 73.2 Å². The maximum absolute atomic E-state index is 13.0. The summed E-state index contributed by atoms with van der Waals surface area (Å²) in [5, 5.41) is 0. The number of rotatable bonds is 4. The summed E-state index contributed by atoms with van der Waals surface area (Å²) >= 11 is 0. The number of carbonyl (C=O) groups excluding carboxylic acids is 4. The number of hydrogen-bond acceptors (Lipinski definition) is 10. The molecule has 1 aliphatic carbocycles. The average molecular weight is 448 g/mol. The van der Waals surface area contributed by atoms with E-state index in [4.69, 9.17) is 28.4 Å². The lowest BCUT2D eigenvalue weighted by Crippen LogP contribution is -2.48. The summed E-state index contributed by atoms with van der Waals surface area (Å²) in [7, 11) is 1.17. The van der Waals surface area contributed by atoms with E-state index in [1.54, 1.807) is 26.0 Å². The van der Waals surface area contributed by atoms with E-state index in [2.05, 4.69) is 6.58 Å². The number of esters is 4. The Balaban J connectivity index is 1.82. The number of carbonyl (C=O) groups is 4. The molecular weight excluding hydrogens is 424 g/mol. The van der Waals surface area contributed by atoms with Gasteiger partial charge in [-0.1, -0.05) is 12.7 Å². The molecule has 0 N–H and O–H groups in total. The van der Waals surface area contributed by atoms with Crippen LogP contribution in [0, 0.1) is 5.92 Å². The topological polar surface area (TPSA) is 130 Å². The molecule has 0 spiro atoms. The van der Waals surface area contributed by atoms with Gasteiger partial charge in [0.25, 0.3) is 0 Å². The standard InChI is InChI=1S/C22H24O10/c1-9-16-14(30-19(9)24)7-6-13-15(29-13)8-12(20(25)27-5)17(28-11(3)23)18(16)31-21(26)22(4)10(2)32-22/h6-8,10,13-18H,1H2,2-5H3/b7-6-,12-8?/t10-,13-,14+,15+,16-,17+,18-,22-/m0/s1. The van der Waals surface area contributed by atoms with Crippen molar-refractivity contribution in [2.24, 2.45) is 5.92 Å². The molecule has 3 heterocycles. The predicted molar refractivity (Wildman–Crippen MR) is 105 cm³/mol. The van der Waals surface area contributed by atoms with Gasteiger partial charge in [0, 0.05) is 12.5 Å². The molecule has 10 heteroatoms. The second-order valence-corrected chi connectivity index (χ2v) is 8.25. The number of hydrogen-bond donors (Lipinski definition) is 0. The minimum Gasteiger partial charge on any atom is -0.466 e. The molecule has 0 bridgehead atoms. The lowest BCUT2D eigenvalue weighted by Gasteiger charge is -2.33. The van der Waals surface area contributed by atoms with Crippen LogP contribution in [0.15, 0.2) is 36.0 Å². The van der Waals surface area contributed by atoms with Crippen molar-refractivity contribution in [2.75, 3.05) is 7.11 Å². The van der Waals surface area contributed by atoms with Gasteiger partial charge in [-0.05, 0) is 26.0 Å². The highest BCUT2D eigenvalue weighted by molar-refractivity contribution is 5.93. The number of epoxide rings is 2. The molecule has 10 nitrogen and oxygen atoms in total. The van der Waals surface area contributed by atoms with Crippen molar-refractivity contribution in [3.63, 3.8) is 0 Å². The monoisotopic (exact) mass is 448 g/mol. The van der Waals surface area contributed by atoms with Crippen LogP contribution in [0.1, 0.15) is 20.8 Å². The van der Waals surface area contributed by atoms with Crippen LogP contribution in [0.2, 0.25) is 0 Å². The van der Waals surface area contributed by atoms with Crippen molar-refractivity contribution < 1.29 is 47.6 Å². The molecular formula is C22H24O10.